The van der Waals surface area contributed by atoms with Gasteiger partial charge in [-0.3, -0.25) is 0 Å². The first kappa shape index (κ1) is 36.9. The van der Waals surface area contributed by atoms with Gasteiger partial charge >= 0.3 is 106 Å². The molecule has 51 heavy (non-hydrogen) atoms. The number of benzene rings is 4. The van der Waals surface area contributed by atoms with E-state index in [-0.39, 0.29) is 25.5 Å². The maximum absolute atomic E-state index is 6.58. The molecular formula is C46H46GeIrN2O-2. The average molecular weight is 908 g/mol. The van der Waals surface area contributed by atoms with Crippen LogP contribution in [-0.4, -0.2) is 23.2 Å². The first-order valence-corrected chi connectivity index (χ1v) is 25.3. The van der Waals surface area contributed by atoms with Crippen LogP contribution >= 0.6 is 0 Å². The van der Waals surface area contributed by atoms with Crippen molar-refractivity contribution in [2.45, 2.75) is 69.1 Å². The SMILES string of the molecule is CC(C)(c1ccnc(-c2[c-]ccc3c2oc2c(-c4ccccc4)cccc23)c1)C1CCCC1.Cc1cc(-c2[c-]cccc2)nc[c]1[Ge]([CH3])([CH3])[CH3].[Ir]. The summed E-state index contributed by atoms with van der Waals surface area (Å²) in [4.78, 5) is 9.35. The Labute approximate surface area is 319 Å². The van der Waals surface area contributed by atoms with E-state index in [0.717, 1.165) is 61.5 Å². The molecule has 5 heteroatoms. The maximum Gasteiger partial charge on any atom is 0 e. The first-order chi connectivity index (χ1) is 24.1. The number of nitrogens with zero attached hydrogens (tertiary/aromatic N) is 2. The molecule has 0 N–H and O–H groups in total. The van der Waals surface area contributed by atoms with Crippen molar-refractivity contribution in [2.75, 3.05) is 0 Å². The molecule has 1 saturated carbocycles. The van der Waals surface area contributed by atoms with Crippen LogP contribution in [0.3, 0.4) is 0 Å². The minimum absolute atomic E-state index is 0. The van der Waals surface area contributed by atoms with E-state index in [1.165, 1.54) is 41.2 Å². The van der Waals surface area contributed by atoms with Crippen molar-refractivity contribution in [3.8, 4) is 33.6 Å². The van der Waals surface area contributed by atoms with Crippen molar-refractivity contribution in [2.24, 2.45) is 5.92 Å². The first-order valence-electron chi connectivity index (χ1n) is 17.9. The molecule has 0 saturated heterocycles. The Kier molecular flexibility index (Phi) is 11.2. The van der Waals surface area contributed by atoms with Crippen LogP contribution in [0, 0.1) is 25.0 Å². The van der Waals surface area contributed by atoms with Gasteiger partial charge in [0.1, 0.15) is 5.58 Å². The Morgan fingerprint density at radius 2 is 1.49 bits per heavy atom. The largest absolute Gasteiger partial charge is 0 e. The van der Waals surface area contributed by atoms with Crippen LogP contribution in [0.5, 0.6) is 0 Å². The van der Waals surface area contributed by atoms with Crippen LogP contribution < -0.4 is 4.40 Å². The molecule has 1 aliphatic carbocycles. The van der Waals surface area contributed by atoms with Gasteiger partial charge in [0.15, 0.2) is 0 Å². The zero-order valence-corrected chi connectivity index (χ0v) is 35.0. The predicted molar refractivity (Wildman–Crippen MR) is 212 cm³/mol. The summed E-state index contributed by atoms with van der Waals surface area (Å²) in [6.07, 6.45) is 9.36. The molecule has 0 amide bonds. The van der Waals surface area contributed by atoms with Crippen LogP contribution in [0.25, 0.3) is 55.6 Å². The molecule has 0 spiro atoms. The number of hydrogen-bond acceptors (Lipinski definition) is 3. The topological polar surface area (TPSA) is 38.9 Å². The third kappa shape index (κ3) is 7.70. The average Bonchev–Trinajstić information content (AvgIpc) is 3.82. The van der Waals surface area contributed by atoms with Gasteiger partial charge in [0.2, 0.25) is 0 Å². The second-order valence-corrected chi connectivity index (χ2v) is 25.9. The predicted octanol–water partition coefficient (Wildman–Crippen LogP) is 12.0. The van der Waals surface area contributed by atoms with Crippen molar-refractivity contribution in [3.63, 3.8) is 0 Å². The Morgan fingerprint density at radius 1 is 0.745 bits per heavy atom. The van der Waals surface area contributed by atoms with Gasteiger partial charge in [0.25, 0.3) is 0 Å². The monoisotopic (exact) mass is 909 g/mol. The summed E-state index contributed by atoms with van der Waals surface area (Å²) in [6, 6.07) is 42.2. The van der Waals surface area contributed by atoms with Gasteiger partial charge in [-0.2, -0.15) is 0 Å². The molecule has 0 aliphatic heterocycles. The Hall–Kier alpha value is -3.83. The summed E-state index contributed by atoms with van der Waals surface area (Å²) in [6.45, 7) is 6.97. The standard InChI is InChI=1S/C31H28NO.C15H18GeN.Ir/c1-31(2,22-12-6-7-13-22)23-18-19-32-28(20-23)27-17-9-16-26-25-15-8-14-24(29(25)33-30(26)27)21-10-4-3-5-11-21;1-12-10-15(13-8-6-5-7-9-13)17-11-14(12)16(2,3)4;/h3-5,8-11,14-16,18-20,22H,6-7,12-13H2,1-2H3;5-8,10-11H,1-4H3;/q2*-1;. The van der Waals surface area contributed by atoms with Crippen molar-refractivity contribution in [1.29, 1.82) is 0 Å². The third-order valence-corrected chi connectivity index (χ3v) is 15.1. The number of aromatic nitrogens is 2. The molecule has 3 aromatic heterocycles. The minimum Gasteiger partial charge on any atom is 0 e. The fourth-order valence-electron chi connectivity index (χ4n) is 7.69. The fraction of sp³-hybridized carbons (Fsp3) is 0.261. The third-order valence-electron chi connectivity index (χ3n) is 10.6. The minimum atomic E-state index is -1.77. The molecule has 3 nitrogen and oxygen atoms in total. The number of furan rings is 1. The fourth-order valence-corrected chi connectivity index (χ4v) is 11.3. The Balaban J connectivity index is 0.000000211. The molecule has 8 rings (SSSR count). The number of rotatable bonds is 6. The van der Waals surface area contributed by atoms with Crippen LogP contribution in [0.4, 0.5) is 0 Å². The van der Waals surface area contributed by atoms with Crippen molar-refractivity contribution in [1.82, 2.24) is 9.97 Å². The zero-order chi connectivity index (χ0) is 34.9. The van der Waals surface area contributed by atoms with E-state index in [2.05, 4.69) is 134 Å². The van der Waals surface area contributed by atoms with E-state index >= 15 is 0 Å². The normalized spacial score (nSPS) is 13.5. The van der Waals surface area contributed by atoms with Crippen LogP contribution in [0.2, 0.25) is 17.3 Å². The number of aryl methyl sites for hydroxylation is 1. The number of pyridine rings is 2. The molecular weight excluding hydrogens is 861 g/mol. The second-order valence-electron chi connectivity index (χ2n) is 15.3. The molecule has 1 radical (unpaired) electrons. The van der Waals surface area contributed by atoms with Crippen LogP contribution in [-0.2, 0) is 25.5 Å². The summed E-state index contributed by atoms with van der Waals surface area (Å²) in [5.74, 6) is 7.93. The molecule has 3 heterocycles. The molecule has 1 fully saturated rings. The molecule has 0 unspecified atom stereocenters. The van der Waals surface area contributed by atoms with Gasteiger partial charge in [-0.15, -0.1) is 18.2 Å². The number of para-hydroxylation sites is 1. The Bertz CT molecular complexity index is 2250. The van der Waals surface area contributed by atoms with Gasteiger partial charge in [0, 0.05) is 37.3 Å². The summed E-state index contributed by atoms with van der Waals surface area (Å²) < 4.78 is 8.07. The van der Waals surface area contributed by atoms with Crippen molar-refractivity contribution in [3.05, 3.63) is 139 Å². The molecule has 1 aliphatic rings. The second kappa shape index (κ2) is 15.4. The van der Waals surface area contributed by atoms with E-state index in [1.807, 2.05) is 36.5 Å². The van der Waals surface area contributed by atoms with Crippen molar-refractivity contribution < 1.29 is 24.5 Å². The zero-order valence-electron chi connectivity index (χ0n) is 30.5. The van der Waals surface area contributed by atoms with Gasteiger partial charge in [-0.25, -0.2) is 0 Å². The maximum atomic E-state index is 6.58. The van der Waals surface area contributed by atoms with Crippen LogP contribution in [0.15, 0.2) is 120 Å². The number of fused-ring (bicyclic) bond motifs is 3. The molecule has 0 bridgehead atoms. The molecule has 261 valence electrons. The Morgan fingerprint density at radius 3 is 2.20 bits per heavy atom. The van der Waals surface area contributed by atoms with Crippen LogP contribution in [0.1, 0.15) is 50.7 Å². The molecule has 7 aromatic rings. The van der Waals surface area contributed by atoms with Gasteiger partial charge < -0.3 is 9.40 Å². The van der Waals surface area contributed by atoms with E-state index in [1.54, 1.807) is 0 Å². The molecule has 4 aromatic carbocycles. The summed E-state index contributed by atoms with van der Waals surface area (Å²) in [5, 5.41) is 2.24. The van der Waals surface area contributed by atoms with E-state index in [0.29, 0.717) is 0 Å². The van der Waals surface area contributed by atoms with E-state index in [4.69, 9.17) is 9.40 Å². The van der Waals surface area contributed by atoms with Gasteiger partial charge in [0.05, 0.1) is 5.58 Å². The molecule has 0 atom stereocenters. The van der Waals surface area contributed by atoms with E-state index in [9.17, 15) is 0 Å². The summed E-state index contributed by atoms with van der Waals surface area (Å²) in [7, 11) is 0. The van der Waals surface area contributed by atoms with E-state index < -0.39 is 13.3 Å². The van der Waals surface area contributed by atoms with Gasteiger partial charge in [-0.1, -0.05) is 92.2 Å². The summed E-state index contributed by atoms with van der Waals surface area (Å²) >= 11 is -1.77. The van der Waals surface area contributed by atoms with Gasteiger partial charge in [-0.05, 0) is 47.1 Å². The number of hydrogen-bond donors (Lipinski definition) is 0. The smallest absolute Gasteiger partial charge is 0 e. The summed E-state index contributed by atoms with van der Waals surface area (Å²) in [5.41, 5.74) is 10.9. The van der Waals surface area contributed by atoms with Crippen molar-refractivity contribution >= 4 is 39.6 Å². The quantitative estimate of drug-likeness (QED) is 0.123.